The minimum Gasteiger partial charge on any atom is -0.383 e. The summed E-state index contributed by atoms with van der Waals surface area (Å²) in [4.78, 5) is 28.0. The number of nitrogens with zero attached hydrogens (tertiary/aromatic N) is 9. The van der Waals surface area contributed by atoms with E-state index in [1.165, 1.54) is 5.56 Å². The molecule has 11 heteroatoms. The lowest BCUT2D eigenvalue weighted by atomic mass is 10.0. The van der Waals surface area contributed by atoms with E-state index in [1.807, 2.05) is 29.7 Å². The number of nitrogens with two attached hydrogens (primary N) is 1. The van der Waals surface area contributed by atoms with Crippen LogP contribution in [0.1, 0.15) is 29.9 Å². The molecule has 1 aliphatic rings. The van der Waals surface area contributed by atoms with Gasteiger partial charge in [0.05, 0.1) is 17.7 Å². The molecule has 3 N–H and O–H groups in total. The molecule has 11 nitrogen and oxygen atoms in total. The summed E-state index contributed by atoms with van der Waals surface area (Å²) in [5, 5.41) is 12.5. The van der Waals surface area contributed by atoms with Gasteiger partial charge in [-0.1, -0.05) is 12.1 Å². The number of rotatable bonds is 6. The van der Waals surface area contributed by atoms with E-state index in [4.69, 9.17) is 27.5 Å². The molecule has 0 bridgehead atoms. The summed E-state index contributed by atoms with van der Waals surface area (Å²) in [6.45, 7) is 12.1. The number of nitrogens with one attached hydrogen (secondary N) is 1. The fourth-order valence-electron chi connectivity index (χ4n) is 5.17. The van der Waals surface area contributed by atoms with Gasteiger partial charge in [0.2, 0.25) is 11.5 Å². The second-order valence-electron chi connectivity index (χ2n) is 9.99. The standard InChI is InChI=1S/C30H27N11/c1-19-24(33-2)16-25-30(36-19)41(29(38-25)23-4-3-12-35-28(23)32)22-7-5-20(6-8-22)18-40-14-10-21(11-15-40)37-26-9-13-34-27(17-31)39-26/h3-9,12-13,16,21H,10-11,14-15,18H2,1H3,(H2,32,35)(H,34,37,39). The van der Waals surface area contributed by atoms with Crippen molar-refractivity contribution in [2.45, 2.75) is 32.4 Å². The number of imidazole rings is 1. The highest BCUT2D eigenvalue weighted by atomic mass is 15.2. The van der Waals surface area contributed by atoms with Crippen LogP contribution < -0.4 is 11.1 Å². The Morgan fingerprint density at radius 1 is 1.07 bits per heavy atom. The molecule has 6 rings (SSSR count). The fourth-order valence-corrected chi connectivity index (χ4v) is 5.17. The first-order chi connectivity index (χ1) is 20.0. The van der Waals surface area contributed by atoms with Gasteiger partial charge in [0.25, 0.3) is 0 Å². The number of fused-ring (bicyclic) bond motifs is 1. The smallest absolute Gasteiger partial charge is 0.234 e. The van der Waals surface area contributed by atoms with Gasteiger partial charge in [-0.25, -0.2) is 29.8 Å². The molecule has 1 saturated heterocycles. The fraction of sp³-hybridized carbons (Fsp3) is 0.233. The number of nitriles is 1. The number of pyridine rings is 2. The average molecular weight is 542 g/mol. The van der Waals surface area contributed by atoms with Gasteiger partial charge in [-0.2, -0.15) is 5.26 Å². The Hall–Kier alpha value is -5.39. The van der Waals surface area contributed by atoms with Crippen LogP contribution in [0.2, 0.25) is 0 Å². The molecule has 1 aliphatic heterocycles. The number of hydrogen-bond donors (Lipinski definition) is 2. The molecular weight excluding hydrogens is 514 g/mol. The molecule has 0 unspecified atom stereocenters. The first-order valence-corrected chi connectivity index (χ1v) is 13.3. The van der Waals surface area contributed by atoms with Crippen molar-refractivity contribution in [3.8, 4) is 23.1 Å². The quantitative estimate of drug-likeness (QED) is 0.294. The third kappa shape index (κ3) is 5.26. The van der Waals surface area contributed by atoms with Crippen molar-refractivity contribution in [2.24, 2.45) is 0 Å². The minimum atomic E-state index is 0.176. The Kier molecular flexibility index (Phi) is 6.94. The second-order valence-corrected chi connectivity index (χ2v) is 9.99. The third-order valence-electron chi connectivity index (χ3n) is 7.29. The predicted molar refractivity (Wildman–Crippen MR) is 156 cm³/mol. The van der Waals surface area contributed by atoms with Crippen LogP contribution >= 0.6 is 0 Å². The molecule has 4 aromatic heterocycles. The lowest BCUT2D eigenvalue weighted by Gasteiger charge is -2.32. The van der Waals surface area contributed by atoms with Crippen molar-refractivity contribution in [1.82, 2.24) is 34.4 Å². The van der Waals surface area contributed by atoms with Crippen molar-refractivity contribution < 1.29 is 0 Å². The van der Waals surface area contributed by atoms with E-state index >= 15 is 0 Å². The van der Waals surface area contributed by atoms with Gasteiger partial charge in [0.1, 0.15) is 17.7 Å². The maximum Gasteiger partial charge on any atom is 0.234 e. The van der Waals surface area contributed by atoms with Crippen molar-refractivity contribution in [1.29, 1.82) is 5.26 Å². The van der Waals surface area contributed by atoms with Crippen LogP contribution in [0, 0.1) is 24.8 Å². The van der Waals surface area contributed by atoms with Crippen LogP contribution in [0.3, 0.4) is 0 Å². The first kappa shape index (κ1) is 25.9. The molecule has 0 aliphatic carbocycles. The van der Waals surface area contributed by atoms with E-state index in [9.17, 15) is 0 Å². The molecule has 1 fully saturated rings. The van der Waals surface area contributed by atoms with Crippen LogP contribution in [-0.2, 0) is 6.54 Å². The molecule has 0 amide bonds. The van der Waals surface area contributed by atoms with Gasteiger partial charge in [-0.15, -0.1) is 0 Å². The van der Waals surface area contributed by atoms with Gasteiger partial charge in [-0.05, 0) is 61.7 Å². The first-order valence-electron chi connectivity index (χ1n) is 13.3. The SMILES string of the molecule is [C-]#[N+]c1cc2nc(-c3cccnc3N)n(-c3ccc(CN4CCC(Nc5ccnc(C#N)n5)CC4)cc3)c2nc1C. The van der Waals surface area contributed by atoms with Crippen molar-refractivity contribution in [3.05, 3.63) is 89.4 Å². The summed E-state index contributed by atoms with van der Waals surface area (Å²) in [7, 11) is 0. The largest absolute Gasteiger partial charge is 0.383 e. The van der Waals surface area contributed by atoms with Crippen LogP contribution in [0.15, 0.2) is 60.9 Å². The molecule has 0 radical (unpaired) electrons. The summed E-state index contributed by atoms with van der Waals surface area (Å²) in [5.74, 6) is 1.88. The highest BCUT2D eigenvalue weighted by molar-refractivity contribution is 5.85. The highest BCUT2D eigenvalue weighted by Gasteiger charge is 2.21. The lowest BCUT2D eigenvalue weighted by molar-refractivity contribution is 0.211. The zero-order valence-corrected chi connectivity index (χ0v) is 22.5. The molecule has 0 atom stereocenters. The Morgan fingerprint density at radius 3 is 2.61 bits per heavy atom. The van der Waals surface area contributed by atoms with Gasteiger partial charge in [-0.3, -0.25) is 9.47 Å². The molecule has 1 aromatic carbocycles. The molecule has 5 heterocycles. The molecule has 202 valence electrons. The third-order valence-corrected chi connectivity index (χ3v) is 7.29. The van der Waals surface area contributed by atoms with Crippen molar-refractivity contribution >= 4 is 28.5 Å². The van der Waals surface area contributed by atoms with Gasteiger partial charge in [0.15, 0.2) is 11.5 Å². The van der Waals surface area contributed by atoms with Crippen molar-refractivity contribution in [2.75, 3.05) is 24.1 Å². The zero-order chi connectivity index (χ0) is 28.3. The molecule has 41 heavy (non-hydrogen) atoms. The number of aromatic nitrogens is 6. The zero-order valence-electron chi connectivity index (χ0n) is 22.5. The monoisotopic (exact) mass is 541 g/mol. The van der Waals surface area contributed by atoms with E-state index in [0.29, 0.717) is 51.6 Å². The number of nitrogen functional groups attached to an aromatic ring is 1. The van der Waals surface area contributed by atoms with Crippen LogP contribution in [0.25, 0.3) is 33.1 Å². The number of benzene rings is 1. The predicted octanol–water partition coefficient (Wildman–Crippen LogP) is 4.66. The number of piperidine rings is 1. The maximum absolute atomic E-state index is 9.03. The Bertz CT molecular complexity index is 1800. The molecular formula is C30H27N11. The summed E-state index contributed by atoms with van der Waals surface area (Å²) >= 11 is 0. The Morgan fingerprint density at radius 2 is 1.88 bits per heavy atom. The number of anilines is 2. The highest BCUT2D eigenvalue weighted by Crippen LogP contribution is 2.32. The van der Waals surface area contributed by atoms with E-state index in [0.717, 1.165) is 38.2 Å². The maximum atomic E-state index is 9.03. The van der Waals surface area contributed by atoms with Crippen LogP contribution in [-0.4, -0.2) is 53.5 Å². The van der Waals surface area contributed by atoms with Gasteiger partial charge in [0, 0.05) is 49.5 Å². The van der Waals surface area contributed by atoms with E-state index in [2.05, 4.69) is 54.3 Å². The second kappa shape index (κ2) is 11.0. The number of aryl methyl sites for hydroxylation is 1. The van der Waals surface area contributed by atoms with Crippen LogP contribution in [0.5, 0.6) is 0 Å². The molecule has 0 spiro atoms. The average Bonchev–Trinajstić information content (AvgIpc) is 3.36. The Balaban J connectivity index is 1.21. The molecule has 0 saturated carbocycles. The number of hydrogen-bond acceptors (Lipinski definition) is 9. The molecule has 5 aromatic rings. The topological polar surface area (TPSA) is 139 Å². The lowest BCUT2D eigenvalue weighted by Crippen LogP contribution is -2.38. The van der Waals surface area contributed by atoms with Gasteiger partial charge < -0.3 is 11.1 Å². The normalized spacial score (nSPS) is 14.0. The van der Waals surface area contributed by atoms with Crippen molar-refractivity contribution in [3.63, 3.8) is 0 Å². The van der Waals surface area contributed by atoms with Gasteiger partial charge >= 0.3 is 0 Å². The van der Waals surface area contributed by atoms with E-state index in [1.54, 1.807) is 24.5 Å². The van der Waals surface area contributed by atoms with E-state index < -0.39 is 0 Å². The van der Waals surface area contributed by atoms with E-state index in [-0.39, 0.29) is 5.82 Å². The summed E-state index contributed by atoms with van der Waals surface area (Å²) in [6.07, 6.45) is 5.23. The van der Waals surface area contributed by atoms with Crippen LogP contribution in [0.4, 0.5) is 17.3 Å². The number of likely N-dealkylation sites (tertiary alicyclic amines) is 1. The summed E-state index contributed by atoms with van der Waals surface area (Å²) in [6, 6.07) is 18.0. The summed E-state index contributed by atoms with van der Waals surface area (Å²) < 4.78 is 1.98. The Labute approximate surface area is 237 Å². The minimum absolute atomic E-state index is 0.176. The summed E-state index contributed by atoms with van der Waals surface area (Å²) in [5.41, 5.74) is 11.5.